The molecule has 106 valence electrons. The first-order valence-electron chi connectivity index (χ1n) is 6.44. The van der Waals surface area contributed by atoms with E-state index >= 15 is 0 Å². The first-order valence-corrected chi connectivity index (χ1v) is 6.44. The van der Waals surface area contributed by atoms with E-state index in [4.69, 9.17) is 5.11 Å². The molecule has 0 aliphatic carbocycles. The summed E-state index contributed by atoms with van der Waals surface area (Å²) in [6, 6.07) is 7.49. The summed E-state index contributed by atoms with van der Waals surface area (Å²) >= 11 is 0. The fraction of sp³-hybridized carbons (Fsp3) is 0.357. The van der Waals surface area contributed by atoms with E-state index in [1.807, 2.05) is 24.3 Å². The third-order valence-electron chi connectivity index (χ3n) is 3.15. The third kappa shape index (κ3) is 3.34. The molecule has 2 amide bonds. The Hall–Kier alpha value is -2.37. The predicted octanol–water partition coefficient (Wildman–Crippen LogP) is 0.557. The van der Waals surface area contributed by atoms with Crippen molar-refractivity contribution in [1.82, 2.24) is 5.32 Å². The van der Waals surface area contributed by atoms with Crippen molar-refractivity contribution in [3.05, 3.63) is 29.8 Å². The highest BCUT2D eigenvalue weighted by Gasteiger charge is 2.25. The highest BCUT2D eigenvalue weighted by Crippen LogP contribution is 2.26. The fourth-order valence-electron chi connectivity index (χ4n) is 2.18. The van der Waals surface area contributed by atoms with Gasteiger partial charge in [-0.25, -0.2) is 0 Å². The average Bonchev–Trinajstić information content (AvgIpc) is 2.41. The molecule has 0 fully saturated rings. The molecule has 20 heavy (non-hydrogen) atoms. The maximum atomic E-state index is 11.9. The van der Waals surface area contributed by atoms with Crippen LogP contribution in [0, 0.1) is 0 Å². The summed E-state index contributed by atoms with van der Waals surface area (Å²) < 4.78 is 0. The molecule has 2 N–H and O–H groups in total. The molecule has 0 aromatic heterocycles. The minimum absolute atomic E-state index is 0.0673. The SMILES string of the molecule is O=C(O)CCNC(=O)CN1C(=O)CCc2ccccc21. The van der Waals surface area contributed by atoms with Crippen molar-refractivity contribution >= 4 is 23.5 Å². The molecule has 0 bridgehead atoms. The summed E-state index contributed by atoms with van der Waals surface area (Å²) in [5.74, 6) is -1.40. The van der Waals surface area contributed by atoms with Gasteiger partial charge in [0.15, 0.2) is 0 Å². The Labute approximate surface area is 116 Å². The van der Waals surface area contributed by atoms with Gasteiger partial charge < -0.3 is 15.3 Å². The van der Waals surface area contributed by atoms with Crippen molar-refractivity contribution in [1.29, 1.82) is 0 Å². The second kappa shape index (κ2) is 6.18. The van der Waals surface area contributed by atoms with Crippen LogP contribution in [0.1, 0.15) is 18.4 Å². The smallest absolute Gasteiger partial charge is 0.305 e. The summed E-state index contributed by atoms with van der Waals surface area (Å²) in [6.45, 7) is -0.00664. The van der Waals surface area contributed by atoms with E-state index < -0.39 is 5.97 Å². The molecule has 0 unspecified atom stereocenters. The van der Waals surface area contributed by atoms with Crippen LogP contribution in [0.3, 0.4) is 0 Å². The van der Waals surface area contributed by atoms with Crippen molar-refractivity contribution in [3.63, 3.8) is 0 Å². The van der Waals surface area contributed by atoms with Gasteiger partial charge in [0.05, 0.1) is 6.42 Å². The Morgan fingerprint density at radius 2 is 2.00 bits per heavy atom. The van der Waals surface area contributed by atoms with Gasteiger partial charge in [-0.15, -0.1) is 0 Å². The van der Waals surface area contributed by atoms with Crippen molar-refractivity contribution in [3.8, 4) is 0 Å². The van der Waals surface area contributed by atoms with Crippen molar-refractivity contribution < 1.29 is 19.5 Å². The molecule has 0 radical (unpaired) electrons. The van der Waals surface area contributed by atoms with Crippen LogP contribution in [-0.2, 0) is 20.8 Å². The van der Waals surface area contributed by atoms with E-state index in [-0.39, 0.29) is 31.3 Å². The Morgan fingerprint density at radius 3 is 2.75 bits per heavy atom. The molecule has 0 saturated carbocycles. The highest BCUT2D eigenvalue weighted by molar-refractivity contribution is 6.01. The first-order chi connectivity index (χ1) is 9.58. The topological polar surface area (TPSA) is 86.7 Å². The van der Waals surface area contributed by atoms with Gasteiger partial charge in [-0.3, -0.25) is 14.4 Å². The van der Waals surface area contributed by atoms with E-state index in [9.17, 15) is 14.4 Å². The number of nitrogens with zero attached hydrogens (tertiary/aromatic N) is 1. The van der Waals surface area contributed by atoms with Crippen molar-refractivity contribution in [2.45, 2.75) is 19.3 Å². The van der Waals surface area contributed by atoms with Crippen LogP contribution in [0.4, 0.5) is 5.69 Å². The Balaban J connectivity index is 1.99. The summed E-state index contributed by atoms with van der Waals surface area (Å²) in [6.07, 6.45) is 0.946. The molecule has 1 aliphatic heterocycles. The van der Waals surface area contributed by atoms with Gasteiger partial charge >= 0.3 is 5.97 Å². The molecule has 0 spiro atoms. The van der Waals surface area contributed by atoms with Crippen LogP contribution in [0.5, 0.6) is 0 Å². The van der Waals surface area contributed by atoms with Gasteiger partial charge in [0.2, 0.25) is 11.8 Å². The molecule has 0 saturated heterocycles. The van der Waals surface area contributed by atoms with Crippen molar-refractivity contribution in [2.75, 3.05) is 18.0 Å². The zero-order valence-corrected chi connectivity index (χ0v) is 11.0. The van der Waals surface area contributed by atoms with Crippen LogP contribution < -0.4 is 10.2 Å². The van der Waals surface area contributed by atoms with Gasteiger partial charge in [-0.2, -0.15) is 0 Å². The number of hydrogen-bond donors (Lipinski definition) is 2. The van der Waals surface area contributed by atoms with Gasteiger partial charge in [-0.05, 0) is 18.1 Å². The van der Waals surface area contributed by atoms with E-state index in [0.29, 0.717) is 12.8 Å². The lowest BCUT2D eigenvalue weighted by Crippen LogP contribution is -2.43. The molecule has 0 atom stereocenters. The lowest BCUT2D eigenvalue weighted by Gasteiger charge is -2.28. The second-order valence-corrected chi connectivity index (χ2v) is 4.60. The standard InChI is InChI=1S/C14H16N2O4/c17-12(15-8-7-14(19)20)9-16-11-4-2-1-3-10(11)5-6-13(16)18/h1-4H,5-9H2,(H,15,17)(H,19,20). The molecule has 1 aliphatic rings. The number of aryl methyl sites for hydroxylation is 1. The monoisotopic (exact) mass is 276 g/mol. The molecule has 1 heterocycles. The quantitative estimate of drug-likeness (QED) is 0.822. The van der Waals surface area contributed by atoms with E-state index in [0.717, 1.165) is 11.3 Å². The first kappa shape index (κ1) is 14.0. The second-order valence-electron chi connectivity index (χ2n) is 4.60. The molecule has 6 nitrogen and oxygen atoms in total. The number of rotatable bonds is 5. The number of para-hydroxylation sites is 1. The summed E-state index contributed by atoms with van der Waals surface area (Å²) in [5, 5.41) is 11.0. The molecular weight excluding hydrogens is 260 g/mol. The molecule has 1 aromatic carbocycles. The number of anilines is 1. The lowest BCUT2D eigenvalue weighted by molar-refractivity contribution is -0.137. The van der Waals surface area contributed by atoms with Crippen LogP contribution in [-0.4, -0.2) is 36.0 Å². The normalized spacial score (nSPS) is 13.8. The molecule has 2 rings (SSSR count). The minimum Gasteiger partial charge on any atom is -0.481 e. The Bertz CT molecular complexity index is 542. The number of carbonyl (C=O) groups excluding carboxylic acids is 2. The largest absolute Gasteiger partial charge is 0.481 e. The minimum atomic E-state index is -0.968. The number of nitrogens with one attached hydrogen (secondary N) is 1. The zero-order chi connectivity index (χ0) is 14.5. The zero-order valence-electron chi connectivity index (χ0n) is 11.0. The third-order valence-corrected chi connectivity index (χ3v) is 3.15. The van der Waals surface area contributed by atoms with Gasteiger partial charge in [0.1, 0.15) is 6.54 Å². The Kier molecular flexibility index (Phi) is 4.34. The van der Waals surface area contributed by atoms with E-state index in [2.05, 4.69) is 5.32 Å². The van der Waals surface area contributed by atoms with Crippen LogP contribution in [0.25, 0.3) is 0 Å². The number of fused-ring (bicyclic) bond motifs is 1. The van der Waals surface area contributed by atoms with Crippen molar-refractivity contribution in [2.24, 2.45) is 0 Å². The number of carboxylic acid groups (broad SMARTS) is 1. The number of aliphatic carboxylic acids is 1. The van der Waals surface area contributed by atoms with Crippen LogP contribution >= 0.6 is 0 Å². The lowest BCUT2D eigenvalue weighted by atomic mass is 10.0. The number of carboxylic acids is 1. The molecular formula is C14H16N2O4. The number of hydrogen-bond acceptors (Lipinski definition) is 3. The predicted molar refractivity (Wildman–Crippen MR) is 72.4 cm³/mol. The molecule has 1 aromatic rings. The van der Waals surface area contributed by atoms with E-state index in [1.54, 1.807) is 0 Å². The van der Waals surface area contributed by atoms with Crippen LogP contribution in [0.15, 0.2) is 24.3 Å². The Morgan fingerprint density at radius 1 is 1.25 bits per heavy atom. The van der Waals surface area contributed by atoms with E-state index in [1.165, 1.54) is 4.90 Å². The summed E-state index contributed by atoms with van der Waals surface area (Å²) in [7, 11) is 0. The fourth-order valence-corrected chi connectivity index (χ4v) is 2.18. The maximum absolute atomic E-state index is 11.9. The summed E-state index contributed by atoms with van der Waals surface area (Å²) in [5.41, 5.74) is 1.81. The van der Waals surface area contributed by atoms with Gasteiger partial charge in [0.25, 0.3) is 0 Å². The highest BCUT2D eigenvalue weighted by atomic mass is 16.4. The average molecular weight is 276 g/mol. The number of carbonyl (C=O) groups is 3. The van der Waals surface area contributed by atoms with Gasteiger partial charge in [-0.1, -0.05) is 18.2 Å². The molecule has 6 heteroatoms. The van der Waals surface area contributed by atoms with Crippen LogP contribution in [0.2, 0.25) is 0 Å². The van der Waals surface area contributed by atoms with Gasteiger partial charge in [0, 0.05) is 18.7 Å². The number of benzene rings is 1. The maximum Gasteiger partial charge on any atom is 0.305 e. The summed E-state index contributed by atoms with van der Waals surface area (Å²) in [4.78, 5) is 35.5. The number of amides is 2.